The highest BCUT2D eigenvalue weighted by Gasteiger charge is 2.39. The fourth-order valence-corrected chi connectivity index (χ4v) is 4.93. The van der Waals surface area contributed by atoms with E-state index in [0.717, 1.165) is 68.3 Å². The molecule has 0 radical (unpaired) electrons. The van der Waals surface area contributed by atoms with Gasteiger partial charge in [0, 0.05) is 62.4 Å². The summed E-state index contributed by atoms with van der Waals surface area (Å²) in [6, 6.07) is 6.01. The van der Waals surface area contributed by atoms with E-state index in [2.05, 4.69) is 26.3 Å². The van der Waals surface area contributed by atoms with Crippen molar-refractivity contribution >= 4 is 17.8 Å². The van der Waals surface area contributed by atoms with E-state index in [0.29, 0.717) is 0 Å². The van der Waals surface area contributed by atoms with Crippen LogP contribution in [-0.4, -0.2) is 85.9 Å². The summed E-state index contributed by atoms with van der Waals surface area (Å²) < 4.78 is 65.9. The number of carbonyl (C=O) groups excluding carboxylic acids is 1. The van der Waals surface area contributed by atoms with Crippen molar-refractivity contribution in [2.45, 2.75) is 64.5 Å². The van der Waals surface area contributed by atoms with Gasteiger partial charge in [-0.05, 0) is 57.1 Å². The quantitative estimate of drug-likeness (QED) is 0.472. The highest BCUT2D eigenvalue weighted by molar-refractivity contribution is 6.03. The Balaban J connectivity index is 0.000000289. The van der Waals surface area contributed by atoms with E-state index in [4.69, 9.17) is 19.8 Å². The van der Waals surface area contributed by atoms with Gasteiger partial charge in [-0.25, -0.2) is 9.59 Å². The van der Waals surface area contributed by atoms with Gasteiger partial charge >= 0.3 is 24.3 Å². The van der Waals surface area contributed by atoms with Gasteiger partial charge in [0.05, 0.1) is 11.3 Å². The third-order valence-electron chi connectivity index (χ3n) is 7.12. The number of alkyl halides is 6. The van der Waals surface area contributed by atoms with Crippen LogP contribution >= 0.6 is 0 Å². The Hall–Kier alpha value is -3.62. The first kappa shape index (κ1) is 32.9. The van der Waals surface area contributed by atoms with Gasteiger partial charge in [0.1, 0.15) is 0 Å². The molecular formula is C27H32F6N4O5. The Morgan fingerprint density at radius 2 is 1.48 bits per heavy atom. The number of carboxylic acids is 2. The van der Waals surface area contributed by atoms with Gasteiger partial charge in [-0.15, -0.1) is 0 Å². The van der Waals surface area contributed by atoms with Crippen LogP contribution in [-0.2, 0) is 22.7 Å². The molecule has 15 heteroatoms. The molecule has 2 N–H and O–H groups in total. The van der Waals surface area contributed by atoms with E-state index in [1.54, 1.807) is 0 Å². The average Bonchev–Trinajstić information content (AvgIpc) is 3.70. The van der Waals surface area contributed by atoms with Crippen molar-refractivity contribution in [2.24, 2.45) is 5.92 Å². The molecule has 4 heterocycles. The predicted molar refractivity (Wildman–Crippen MR) is 138 cm³/mol. The zero-order chi connectivity index (χ0) is 31.2. The number of hydrogen-bond acceptors (Lipinski definition) is 5. The van der Waals surface area contributed by atoms with Gasteiger partial charge in [0.25, 0.3) is 5.91 Å². The van der Waals surface area contributed by atoms with E-state index in [1.807, 2.05) is 24.4 Å². The second kappa shape index (κ2) is 13.6. The number of fused-ring (bicyclic) bond motifs is 1. The Bertz CT molecular complexity index is 1230. The molecule has 2 aromatic rings. The lowest BCUT2D eigenvalue weighted by molar-refractivity contribution is -0.193. The van der Waals surface area contributed by atoms with Crippen LogP contribution in [0.4, 0.5) is 26.3 Å². The van der Waals surface area contributed by atoms with E-state index in [9.17, 15) is 31.1 Å². The predicted octanol–water partition coefficient (Wildman–Crippen LogP) is 4.98. The van der Waals surface area contributed by atoms with Crippen LogP contribution in [0.1, 0.15) is 53.8 Å². The van der Waals surface area contributed by atoms with Crippen molar-refractivity contribution in [3.8, 4) is 11.3 Å². The fraction of sp³-hybridized carbons (Fsp3) is 0.556. The largest absolute Gasteiger partial charge is 0.490 e. The number of hydrogen-bond donors (Lipinski definition) is 2. The maximum Gasteiger partial charge on any atom is 0.490 e. The van der Waals surface area contributed by atoms with E-state index >= 15 is 0 Å². The number of aromatic nitrogens is 2. The standard InChI is InChI=1S/C23H30N4O.2C2HF3O2/c1-17-21(19-7-3-4-10-24-19)22(23(28)26-11-5-2-6-12-26)20-16-25(13-14-27(17)20)15-18-8-9-18;2*3-2(4,5)1(6)7/h3-4,7,10,18H,2,5-6,8-9,11-16H2,1H3;2*(H,6,7). The summed E-state index contributed by atoms with van der Waals surface area (Å²) in [6.07, 6.45) is -2.12. The van der Waals surface area contributed by atoms with Crippen LogP contribution in [0.3, 0.4) is 0 Å². The minimum Gasteiger partial charge on any atom is -0.475 e. The minimum absolute atomic E-state index is 0.213. The third-order valence-corrected chi connectivity index (χ3v) is 7.12. The number of piperidine rings is 1. The van der Waals surface area contributed by atoms with Crippen molar-refractivity contribution in [2.75, 3.05) is 26.2 Å². The van der Waals surface area contributed by atoms with Crippen molar-refractivity contribution in [3.05, 3.63) is 41.3 Å². The number of pyridine rings is 1. The second-order valence-electron chi connectivity index (χ2n) is 10.3. The fourth-order valence-electron chi connectivity index (χ4n) is 4.93. The second-order valence-corrected chi connectivity index (χ2v) is 10.3. The first-order valence-electron chi connectivity index (χ1n) is 13.4. The molecule has 1 aliphatic carbocycles. The molecule has 5 rings (SSSR count). The highest BCUT2D eigenvalue weighted by Crippen LogP contribution is 2.37. The first-order chi connectivity index (χ1) is 19.6. The minimum atomic E-state index is -5.08. The van der Waals surface area contributed by atoms with E-state index in [1.165, 1.54) is 37.2 Å². The maximum atomic E-state index is 13.7. The number of carbonyl (C=O) groups is 3. The van der Waals surface area contributed by atoms with Gasteiger partial charge in [0.15, 0.2) is 0 Å². The molecule has 0 spiro atoms. The van der Waals surface area contributed by atoms with Crippen LogP contribution in [0, 0.1) is 12.8 Å². The summed E-state index contributed by atoms with van der Waals surface area (Å²) in [5.74, 6) is -4.43. The van der Waals surface area contributed by atoms with Gasteiger partial charge in [-0.3, -0.25) is 14.7 Å². The summed E-state index contributed by atoms with van der Waals surface area (Å²) in [7, 11) is 0. The number of carboxylic acid groups (broad SMARTS) is 2. The molecule has 1 amide bonds. The number of rotatable bonds is 4. The molecule has 0 aromatic carbocycles. The SMILES string of the molecule is Cc1c(-c2ccccn2)c(C(=O)N2CCCCC2)c2n1CCN(CC1CC1)C2.O=C(O)C(F)(F)F.O=C(O)C(F)(F)F. The van der Waals surface area contributed by atoms with Crippen molar-refractivity contribution in [1.29, 1.82) is 0 Å². The number of aliphatic carboxylic acids is 2. The molecule has 9 nitrogen and oxygen atoms in total. The van der Waals surface area contributed by atoms with Crippen molar-refractivity contribution < 1.29 is 50.9 Å². The highest BCUT2D eigenvalue weighted by atomic mass is 19.4. The Morgan fingerprint density at radius 3 is 1.95 bits per heavy atom. The molecular weight excluding hydrogens is 574 g/mol. The summed E-state index contributed by atoms with van der Waals surface area (Å²) in [5, 5.41) is 14.2. The summed E-state index contributed by atoms with van der Waals surface area (Å²) in [6.45, 7) is 8.06. The summed E-state index contributed by atoms with van der Waals surface area (Å²) >= 11 is 0. The van der Waals surface area contributed by atoms with Crippen LogP contribution < -0.4 is 0 Å². The Kier molecular flexibility index (Phi) is 10.6. The molecule has 0 atom stereocenters. The zero-order valence-corrected chi connectivity index (χ0v) is 22.8. The maximum absolute atomic E-state index is 13.7. The molecule has 1 saturated carbocycles. The van der Waals surface area contributed by atoms with Crippen molar-refractivity contribution in [3.63, 3.8) is 0 Å². The zero-order valence-electron chi connectivity index (χ0n) is 22.8. The van der Waals surface area contributed by atoms with Crippen LogP contribution in [0.5, 0.6) is 0 Å². The molecule has 1 saturated heterocycles. The lowest BCUT2D eigenvalue weighted by Gasteiger charge is -2.31. The Morgan fingerprint density at radius 1 is 0.905 bits per heavy atom. The topological polar surface area (TPSA) is 116 Å². The lowest BCUT2D eigenvalue weighted by Crippen LogP contribution is -2.39. The molecule has 0 unspecified atom stereocenters. The number of nitrogens with zero attached hydrogens (tertiary/aromatic N) is 4. The van der Waals surface area contributed by atoms with Gasteiger partial charge in [-0.1, -0.05) is 6.07 Å². The normalized spacial score (nSPS) is 17.3. The molecule has 2 fully saturated rings. The molecule has 232 valence electrons. The lowest BCUT2D eigenvalue weighted by atomic mass is 10.0. The monoisotopic (exact) mass is 606 g/mol. The first-order valence-corrected chi connectivity index (χ1v) is 13.4. The smallest absolute Gasteiger partial charge is 0.475 e. The van der Waals surface area contributed by atoms with E-state index < -0.39 is 24.3 Å². The van der Waals surface area contributed by atoms with Crippen molar-refractivity contribution in [1.82, 2.24) is 19.4 Å². The molecule has 3 aliphatic rings. The summed E-state index contributed by atoms with van der Waals surface area (Å²) in [4.78, 5) is 40.7. The molecule has 2 aliphatic heterocycles. The summed E-state index contributed by atoms with van der Waals surface area (Å²) in [5.41, 5.74) is 5.30. The van der Waals surface area contributed by atoms with Crippen LogP contribution in [0.25, 0.3) is 11.3 Å². The number of likely N-dealkylation sites (tertiary alicyclic amines) is 1. The molecule has 42 heavy (non-hydrogen) atoms. The number of amides is 1. The van der Waals surface area contributed by atoms with Gasteiger partial charge in [0.2, 0.25) is 0 Å². The molecule has 2 aromatic heterocycles. The van der Waals surface area contributed by atoms with E-state index in [-0.39, 0.29) is 5.91 Å². The Labute approximate surface area is 237 Å². The van der Waals surface area contributed by atoms with Gasteiger partial charge in [-0.2, -0.15) is 26.3 Å². The van der Waals surface area contributed by atoms with Crippen LogP contribution in [0.2, 0.25) is 0 Å². The van der Waals surface area contributed by atoms with Gasteiger partial charge < -0.3 is 19.7 Å². The average molecular weight is 607 g/mol. The number of halogens is 6. The molecule has 0 bridgehead atoms. The van der Waals surface area contributed by atoms with Crippen LogP contribution in [0.15, 0.2) is 24.4 Å². The third kappa shape index (κ3) is 8.69.